The van der Waals surface area contributed by atoms with Crippen molar-refractivity contribution in [3.8, 4) is 0 Å². The van der Waals surface area contributed by atoms with E-state index in [1.54, 1.807) is 0 Å². The second-order valence-corrected chi connectivity index (χ2v) is 6.19. The van der Waals surface area contributed by atoms with E-state index in [0.29, 0.717) is 29.7 Å². The average Bonchev–Trinajstić information content (AvgIpc) is 2.39. The number of amides is 1. The molecule has 0 radical (unpaired) electrons. The highest BCUT2D eigenvalue weighted by atomic mass is 79.9. The molecule has 1 saturated heterocycles. The fourth-order valence-electron chi connectivity index (χ4n) is 3.16. The second-order valence-electron chi connectivity index (χ2n) is 5.02. The van der Waals surface area contributed by atoms with Crippen molar-refractivity contribution >= 4 is 21.8 Å². The molecule has 1 heterocycles. The summed E-state index contributed by atoms with van der Waals surface area (Å²) in [7, 11) is 0. The van der Waals surface area contributed by atoms with Gasteiger partial charge in [0.15, 0.2) is 0 Å². The Morgan fingerprint density at radius 1 is 1.73 bits per heavy atom. The van der Waals surface area contributed by atoms with Gasteiger partial charge in [-0.15, -0.1) is 6.58 Å². The van der Waals surface area contributed by atoms with Crippen molar-refractivity contribution < 1.29 is 4.79 Å². The van der Waals surface area contributed by atoms with Gasteiger partial charge in [0.1, 0.15) is 0 Å². The molecular weight excluding hydrogens is 254 g/mol. The van der Waals surface area contributed by atoms with Gasteiger partial charge in [-0.1, -0.05) is 35.4 Å². The van der Waals surface area contributed by atoms with Crippen LogP contribution in [-0.4, -0.2) is 28.2 Å². The zero-order chi connectivity index (χ0) is 11.1. The Hall–Kier alpha value is -0.310. The quantitative estimate of drug-likeness (QED) is 0.559. The summed E-state index contributed by atoms with van der Waals surface area (Å²) < 4.78 is 0. The number of nitrogens with zero attached hydrogens (tertiary/aromatic N) is 1. The molecule has 1 saturated carbocycles. The number of halogens is 1. The molecule has 2 aliphatic rings. The van der Waals surface area contributed by atoms with Crippen LogP contribution < -0.4 is 0 Å². The maximum absolute atomic E-state index is 11.9. The summed E-state index contributed by atoms with van der Waals surface area (Å²) in [6, 6.07) is 0.372. The number of hydrogen-bond acceptors (Lipinski definition) is 1. The molecule has 0 N–H and O–H groups in total. The number of alkyl halides is 1. The third-order valence-electron chi connectivity index (χ3n) is 3.82. The largest absolute Gasteiger partial charge is 0.334 e. The van der Waals surface area contributed by atoms with E-state index >= 15 is 0 Å². The van der Waals surface area contributed by atoms with E-state index in [9.17, 15) is 4.79 Å². The molecule has 0 bridgehead atoms. The lowest BCUT2D eigenvalue weighted by molar-refractivity contribution is -0.128. The van der Waals surface area contributed by atoms with E-state index in [1.807, 2.05) is 11.0 Å². The van der Waals surface area contributed by atoms with Gasteiger partial charge in [0.2, 0.25) is 5.91 Å². The normalized spacial score (nSPS) is 40.4. The monoisotopic (exact) mass is 271 g/mol. The number of carbonyl (C=O) groups excluding carboxylic acids is 1. The summed E-state index contributed by atoms with van der Waals surface area (Å²) in [5.74, 6) is 0.300. The first-order valence-corrected chi connectivity index (χ1v) is 6.54. The molecule has 1 aliphatic carbocycles. The highest BCUT2D eigenvalue weighted by Crippen LogP contribution is 2.49. The third kappa shape index (κ3) is 1.75. The minimum atomic E-state index is 0.187. The van der Waals surface area contributed by atoms with Crippen LogP contribution in [0.4, 0.5) is 0 Å². The van der Waals surface area contributed by atoms with Gasteiger partial charge in [-0.25, -0.2) is 0 Å². The highest BCUT2D eigenvalue weighted by molar-refractivity contribution is 9.09. The molecule has 2 fully saturated rings. The summed E-state index contributed by atoms with van der Waals surface area (Å²) in [6.45, 7) is 6.69. The minimum absolute atomic E-state index is 0.187. The molecular formula is C12H18BrNO. The predicted molar refractivity (Wildman–Crippen MR) is 65.0 cm³/mol. The first-order valence-electron chi connectivity index (χ1n) is 5.63. The van der Waals surface area contributed by atoms with E-state index in [2.05, 4.69) is 29.4 Å². The third-order valence-corrected chi connectivity index (χ3v) is 4.78. The summed E-state index contributed by atoms with van der Waals surface area (Å²) in [6.07, 6.45) is 6.14. The van der Waals surface area contributed by atoms with Crippen molar-refractivity contribution in [3.63, 3.8) is 0 Å². The topological polar surface area (TPSA) is 20.3 Å². The number of hydrogen-bond donors (Lipinski definition) is 0. The molecule has 1 aliphatic heterocycles. The molecule has 84 valence electrons. The Balaban J connectivity index is 2.27. The Bertz CT molecular complexity index is 291. The van der Waals surface area contributed by atoms with Gasteiger partial charge in [0, 0.05) is 17.8 Å². The van der Waals surface area contributed by atoms with Crippen molar-refractivity contribution in [1.82, 2.24) is 4.90 Å². The number of likely N-dealkylation sites (tertiary alicyclic amines) is 1. The van der Waals surface area contributed by atoms with Crippen LogP contribution in [0.1, 0.15) is 32.6 Å². The molecule has 0 aromatic rings. The lowest BCUT2D eigenvalue weighted by Crippen LogP contribution is -2.47. The van der Waals surface area contributed by atoms with Crippen LogP contribution in [0.15, 0.2) is 12.7 Å². The van der Waals surface area contributed by atoms with Crippen molar-refractivity contribution in [3.05, 3.63) is 12.7 Å². The van der Waals surface area contributed by atoms with E-state index < -0.39 is 0 Å². The second kappa shape index (κ2) is 3.93. The molecule has 3 heteroatoms. The molecule has 3 atom stereocenters. The molecule has 0 spiro atoms. The fraction of sp³-hybridized carbons (Fsp3) is 0.750. The summed E-state index contributed by atoms with van der Waals surface area (Å²) in [5, 5.41) is 0. The van der Waals surface area contributed by atoms with E-state index in [-0.39, 0.29) is 5.41 Å². The molecule has 0 aromatic carbocycles. The van der Waals surface area contributed by atoms with Gasteiger partial charge < -0.3 is 4.90 Å². The Labute approximate surface area is 99.8 Å². The van der Waals surface area contributed by atoms with Crippen LogP contribution in [0.2, 0.25) is 0 Å². The molecule has 2 nitrogen and oxygen atoms in total. The smallest absolute Gasteiger partial charge is 0.223 e. The average molecular weight is 272 g/mol. The van der Waals surface area contributed by atoms with Crippen LogP contribution in [0.3, 0.4) is 0 Å². The van der Waals surface area contributed by atoms with Gasteiger partial charge in [0.05, 0.1) is 6.04 Å². The van der Waals surface area contributed by atoms with Crippen LogP contribution in [-0.2, 0) is 4.79 Å². The van der Waals surface area contributed by atoms with Crippen LogP contribution >= 0.6 is 15.9 Å². The van der Waals surface area contributed by atoms with Gasteiger partial charge in [-0.05, 0) is 18.3 Å². The number of rotatable bonds is 2. The molecule has 2 rings (SSSR count). The van der Waals surface area contributed by atoms with Crippen LogP contribution in [0, 0.1) is 5.41 Å². The Morgan fingerprint density at radius 2 is 2.47 bits per heavy atom. The summed E-state index contributed by atoms with van der Waals surface area (Å²) >= 11 is 3.74. The van der Waals surface area contributed by atoms with Crippen molar-refractivity contribution in [2.75, 3.05) is 6.54 Å². The standard InChI is InChI=1S/C12H18BrNO/c1-3-7-14-10(15)8-12(2)6-4-5-9(13)11(12)14/h3,9,11H,1,4-8H2,2H3. The number of fused-ring (bicyclic) bond motifs is 1. The lowest BCUT2D eigenvalue weighted by Gasteiger charge is -2.41. The van der Waals surface area contributed by atoms with E-state index in [0.717, 1.165) is 0 Å². The number of carbonyl (C=O) groups is 1. The van der Waals surface area contributed by atoms with E-state index in [1.165, 1.54) is 19.3 Å². The first kappa shape index (κ1) is 11.2. The molecule has 3 unspecified atom stereocenters. The molecule has 1 amide bonds. The van der Waals surface area contributed by atoms with Crippen molar-refractivity contribution in [1.29, 1.82) is 0 Å². The highest BCUT2D eigenvalue weighted by Gasteiger charge is 2.52. The SMILES string of the molecule is C=CCN1C(=O)CC2(C)CCCC(Br)C12. The maximum atomic E-state index is 11.9. The summed E-state index contributed by atoms with van der Waals surface area (Å²) in [4.78, 5) is 14.4. The minimum Gasteiger partial charge on any atom is -0.334 e. The lowest BCUT2D eigenvalue weighted by atomic mass is 9.72. The van der Waals surface area contributed by atoms with Crippen molar-refractivity contribution in [2.45, 2.75) is 43.5 Å². The fourth-order valence-corrected chi connectivity index (χ4v) is 4.41. The first-order chi connectivity index (χ1) is 7.08. The van der Waals surface area contributed by atoms with Crippen LogP contribution in [0.25, 0.3) is 0 Å². The van der Waals surface area contributed by atoms with Gasteiger partial charge >= 0.3 is 0 Å². The molecule has 0 aromatic heterocycles. The van der Waals surface area contributed by atoms with Gasteiger partial charge in [-0.3, -0.25) is 4.79 Å². The van der Waals surface area contributed by atoms with Gasteiger partial charge in [0.25, 0.3) is 0 Å². The zero-order valence-electron chi connectivity index (χ0n) is 9.21. The zero-order valence-corrected chi connectivity index (χ0v) is 10.8. The van der Waals surface area contributed by atoms with Crippen LogP contribution in [0.5, 0.6) is 0 Å². The van der Waals surface area contributed by atoms with Crippen molar-refractivity contribution in [2.24, 2.45) is 5.41 Å². The molecule has 15 heavy (non-hydrogen) atoms. The predicted octanol–water partition coefficient (Wildman–Crippen LogP) is 2.73. The van der Waals surface area contributed by atoms with E-state index in [4.69, 9.17) is 0 Å². The summed E-state index contributed by atoms with van der Waals surface area (Å²) in [5.41, 5.74) is 0.187. The Kier molecular flexibility index (Phi) is 2.93. The van der Waals surface area contributed by atoms with Gasteiger partial charge in [-0.2, -0.15) is 0 Å². The maximum Gasteiger partial charge on any atom is 0.223 e. The Morgan fingerprint density at radius 3 is 3.13 bits per heavy atom.